The molecule has 0 radical (unpaired) electrons. The third kappa shape index (κ3) is 2.50. The Morgan fingerprint density at radius 1 is 1.20 bits per heavy atom. The fourth-order valence-corrected chi connectivity index (χ4v) is 2.13. The lowest BCUT2D eigenvalue weighted by Gasteiger charge is -2.11. The number of fused-ring (bicyclic) bond motifs is 1. The largest absolute Gasteiger partial charge is 0.355 e. The van der Waals surface area contributed by atoms with Gasteiger partial charge >= 0.3 is 0 Å². The summed E-state index contributed by atoms with van der Waals surface area (Å²) in [5.41, 5.74) is 2.03. The van der Waals surface area contributed by atoms with Crippen molar-refractivity contribution in [1.29, 1.82) is 0 Å². The van der Waals surface area contributed by atoms with Gasteiger partial charge in [0.1, 0.15) is 0 Å². The Morgan fingerprint density at radius 3 is 2.90 bits per heavy atom. The van der Waals surface area contributed by atoms with Crippen LogP contribution in [0.2, 0.25) is 0 Å². The standard InChI is InChI=1S/C16H18N4/c1-12(2)10-19-16-17-7-8-20(16)14-9-13-5-3-4-6-15(13)18-11-14/h3-9,11-12H,10H2,1-2H3,(H,17,19). The molecule has 2 aromatic heterocycles. The molecule has 0 fully saturated rings. The third-order valence-corrected chi connectivity index (χ3v) is 3.16. The highest BCUT2D eigenvalue weighted by molar-refractivity contribution is 5.80. The molecular formula is C16H18N4. The number of anilines is 1. The zero-order valence-corrected chi connectivity index (χ0v) is 11.7. The Labute approximate surface area is 118 Å². The van der Waals surface area contributed by atoms with Crippen LogP contribution in [0.5, 0.6) is 0 Å². The first kappa shape index (κ1) is 12.7. The average molecular weight is 266 g/mol. The van der Waals surface area contributed by atoms with Crippen LogP contribution in [0, 0.1) is 5.92 Å². The molecule has 0 bridgehead atoms. The summed E-state index contributed by atoms with van der Waals surface area (Å²) in [6.45, 7) is 5.26. The predicted octanol–water partition coefficient (Wildman–Crippen LogP) is 3.49. The molecule has 0 saturated carbocycles. The van der Waals surface area contributed by atoms with Gasteiger partial charge in [0.2, 0.25) is 5.95 Å². The molecule has 0 aliphatic carbocycles. The number of nitrogens with one attached hydrogen (secondary N) is 1. The van der Waals surface area contributed by atoms with Crippen LogP contribution >= 0.6 is 0 Å². The monoisotopic (exact) mass is 266 g/mol. The van der Waals surface area contributed by atoms with Crippen LogP contribution in [-0.4, -0.2) is 21.1 Å². The zero-order valence-electron chi connectivity index (χ0n) is 11.7. The lowest BCUT2D eigenvalue weighted by atomic mass is 10.2. The molecule has 3 aromatic rings. The summed E-state index contributed by atoms with van der Waals surface area (Å²) in [5, 5.41) is 4.50. The van der Waals surface area contributed by atoms with Crippen molar-refractivity contribution in [2.45, 2.75) is 13.8 Å². The number of nitrogens with zero attached hydrogens (tertiary/aromatic N) is 3. The first-order chi connectivity index (χ1) is 9.74. The van der Waals surface area contributed by atoms with E-state index in [-0.39, 0.29) is 0 Å². The van der Waals surface area contributed by atoms with E-state index in [0.717, 1.165) is 29.1 Å². The Morgan fingerprint density at radius 2 is 2.05 bits per heavy atom. The van der Waals surface area contributed by atoms with Gasteiger partial charge in [0.15, 0.2) is 0 Å². The SMILES string of the molecule is CC(C)CNc1nccn1-c1cnc2ccccc2c1. The summed E-state index contributed by atoms with van der Waals surface area (Å²) in [6.07, 6.45) is 5.64. The molecule has 0 unspecified atom stereocenters. The van der Waals surface area contributed by atoms with Crippen molar-refractivity contribution in [1.82, 2.24) is 14.5 Å². The summed E-state index contributed by atoms with van der Waals surface area (Å²) >= 11 is 0. The second-order valence-electron chi connectivity index (χ2n) is 5.28. The fourth-order valence-electron chi connectivity index (χ4n) is 2.13. The van der Waals surface area contributed by atoms with Crippen molar-refractivity contribution < 1.29 is 0 Å². The van der Waals surface area contributed by atoms with Gasteiger partial charge in [-0.15, -0.1) is 0 Å². The highest BCUT2D eigenvalue weighted by Gasteiger charge is 2.06. The van der Waals surface area contributed by atoms with E-state index in [1.807, 2.05) is 35.2 Å². The summed E-state index contributed by atoms with van der Waals surface area (Å²) in [6, 6.07) is 10.3. The lowest BCUT2D eigenvalue weighted by Crippen LogP contribution is -2.12. The van der Waals surface area contributed by atoms with Crippen molar-refractivity contribution in [3.8, 4) is 5.69 Å². The molecule has 0 saturated heterocycles. The maximum Gasteiger partial charge on any atom is 0.207 e. The minimum atomic E-state index is 0.579. The van der Waals surface area contributed by atoms with E-state index in [9.17, 15) is 0 Å². The van der Waals surface area contributed by atoms with Crippen LogP contribution in [-0.2, 0) is 0 Å². The van der Waals surface area contributed by atoms with Crippen molar-refractivity contribution in [2.75, 3.05) is 11.9 Å². The molecule has 0 amide bonds. The third-order valence-electron chi connectivity index (χ3n) is 3.16. The van der Waals surface area contributed by atoms with E-state index in [4.69, 9.17) is 0 Å². The second-order valence-corrected chi connectivity index (χ2v) is 5.28. The van der Waals surface area contributed by atoms with Gasteiger partial charge in [-0.2, -0.15) is 0 Å². The number of aromatic nitrogens is 3. The van der Waals surface area contributed by atoms with Gasteiger partial charge < -0.3 is 5.32 Å². The Hall–Kier alpha value is -2.36. The Balaban J connectivity index is 1.96. The average Bonchev–Trinajstić information content (AvgIpc) is 2.93. The molecular weight excluding hydrogens is 248 g/mol. The van der Waals surface area contributed by atoms with Crippen LogP contribution in [0.3, 0.4) is 0 Å². The Bertz CT molecular complexity index is 715. The molecule has 0 aliphatic rings. The van der Waals surface area contributed by atoms with Crippen molar-refractivity contribution in [3.05, 3.63) is 48.9 Å². The number of benzene rings is 1. The van der Waals surface area contributed by atoms with Crippen molar-refractivity contribution >= 4 is 16.9 Å². The van der Waals surface area contributed by atoms with Crippen LogP contribution < -0.4 is 5.32 Å². The molecule has 4 nitrogen and oxygen atoms in total. The van der Waals surface area contributed by atoms with Crippen molar-refractivity contribution in [3.63, 3.8) is 0 Å². The van der Waals surface area contributed by atoms with Gasteiger partial charge in [-0.1, -0.05) is 32.0 Å². The molecule has 102 valence electrons. The molecule has 4 heteroatoms. The van der Waals surface area contributed by atoms with E-state index in [1.165, 1.54) is 0 Å². The van der Waals surface area contributed by atoms with Crippen LogP contribution in [0.25, 0.3) is 16.6 Å². The molecule has 1 aromatic carbocycles. The molecule has 0 spiro atoms. The number of hydrogen-bond donors (Lipinski definition) is 1. The number of hydrogen-bond acceptors (Lipinski definition) is 3. The Kier molecular flexibility index (Phi) is 3.37. The maximum absolute atomic E-state index is 4.50. The van der Waals surface area contributed by atoms with Crippen LogP contribution in [0.1, 0.15) is 13.8 Å². The maximum atomic E-state index is 4.50. The highest BCUT2D eigenvalue weighted by Crippen LogP contribution is 2.19. The topological polar surface area (TPSA) is 42.7 Å². The zero-order chi connectivity index (χ0) is 13.9. The summed E-state index contributed by atoms with van der Waals surface area (Å²) < 4.78 is 2.03. The fraction of sp³-hybridized carbons (Fsp3) is 0.250. The predicted molar refractivity (Wildman–Crippen MR) is 82.2 cm³/mol. The van der Waals surface area contributed by atoms with Gasteiger partial charge in [0.25, 0.3) is 0 Å². The smallest absolute Gasteiger partial charge is 0.207 e. The van der Waals surface area contributed by atoms with Gasteiger partial charge in [-0.3, -0.25) is 9.55 Å². The van der Waals surface area contributed by atoms with Gasteiger partial charge in [-0.25, -0.2) is 4.98 Å². The van der Waals surface area contributed by atoms with Crippen LogP contribution in [0.15, 0.2) is 48.9 Å². The normalized spacial score (nSPS) is 11.2. The number of pyridine rings is 1. The van der Waals surface area contributed by atoms with Gasteiger partial charge in [0, 0.05) is 24.3 Å². The molecule has 2 heterocycles. The second kappa shape index (κ2) is 5.33. The van der Waals surface area contributed by atoms with Crippen LogP contribution in [0.4, 0.5) is 5.95 Å². The first-order valence-corrected chi connectivity index (χ1v) is 6.86. The van der Waals surface area contributed by atoms with E-state index in [0.29, 0.717) is 5.92 Å². The molecule has 0 atom stereocenters. The van der Waals surface area contributed by atoms with E-state index in [2.05, 4.69) is 41.3 Å². The summed E-state index contributed by atoms with van der Waals surface area (Å²) in [7, 11) is 0. The quantitative estimate of drug-likeness (QED) is 0.786. The highest BCUT2D eigenvalue weighted by atomic mass is 15.2. The number of rotatable bonds is 4. The minimum Gasteiger partial charge on any atom is -0.355 e. The molecule has 0 aliphatic heterocycles. The van der Waals surface area contributed by atoms with Gasteiger partial charge in [-0.05, 0) is 18.1 Å². The molecule has 1 N–H and O–H groups in total. The number of imidazole rings is 1. The van der Waals surface area contributed by atoms with E-state index in [1.54, 1.807) is 6.20 Å². The van der Waals surface area contributed by atoms with E-state index < -0.39 is 0 Å². The molecule has 20 heavy (non-hydrogen) atoms. The van der Waals surface area contributed by atoms with Gasteiger partial charge in [0.05, 0.1) is 17.4 Å². The summed E-state index contributed by atoms with van der Waals surface area (Å²) in [4.78, 5) is 8.87. The molecule has 3 rings (SSSR count). The van der Waals surface area contributed by atoms with E-state index >= 15 is 0 Å². The summed E-state index contributed by atoms with van der Waals surface area (Å²) in [5.74, 6) is 1.44. The lowest BCUT2D eigenvalue weighted by molar-refractivity contribution is 0.683. The number of para-hydroxylation sites is 1. The van der Waals surface area contributed by atoms with Crippen molar-refractivity contribution in [2.24, 2.45) is 5.92 Å². The first-order valence-electron chi connectivity index (χ1n) is 6.86. The minimum absolute atomic E-state index is 0.579.